The van der Waals surface area contributed by atoms with Crippen molar-refractivity contribution in [1.82, 2.24) is 10.2 Å². The van der Waals surface area contributed by atoms with E-state index in [0.717, 1.165) is 0 Å². The summed E-state index contributed by atoms with van der Waals surface area (Å²) in [5.41, 5.74) is 6.40. The molecule has 0 atom stereocenters. The first-order chi connectivity index (χ1) is 9.89. The fraction of sp³-hybridized carbons (Fsp3) is 0.250. The second-order valence-corrected chi connectivity index (χ2v) is 6.31. The third-order valence-electron chi connectivity index (χ3n) is 2.84. The van der Waals surface area contributed by atoms with Crippen molar-refractivity contribution in [1.29, 1.82) is 0 Å². The minimum absolute atomic E-state index is 0.00638. The van der Waals surface area contributed by atoms with Gasteiger partial charge in [0.1, 0.15) is 10.6 Å². The lowest BCUT2D eigenvalue weighted by atomic mass is 10.3. The molecule has 1 heterocycles. The molecule has 0 radical (unpaired) electrons. The van der Waals surface area contributed by atoms with Gasteiger partial charge in [-0.05, 0) is 19.1 Å². The number of aromatic nitrogens is 2. The molecular weight excluding hydrogens is 316 g/mol. The van der Waals surface area contributed by atoms with E-state index in [1.165, 1.54) is 13.2 Å². The van der Waals surface area contributed by atoms with Gasteiger partial charge >= 0.3 is 0 Å². The lowest BCUT2D eigenvalue weighted by Crippen LogP contribution is -2.16. The van der Waals surface area contributed by atoms with Crippen LogP contribution in [0.3, 0.4) is 0 Å². The second kappa shape index (κ2) is 5.92. The number of hydrogen-bond donors (Lipinski definition) is 3. The van der Waals surface area contributed by atoms with E-state index < -0.39 is 10.0 Å². The zero-order chi connectivity index (χ0) is 15.6. The summed E-state index contributed by atoms with van der Waals surface area (Å²) in [6.45, 7) is 1.61. The molecule has 0 spiro atoms. The van der Waals surface area contributed by atoms with Crippen molar-refractivity contribution < 1.29 is 13.2 Å². The van der Waals surface area contributed by atoms with Crippen molar-refractivity contribution in [3.8, 4) is 5.75 Å². The molecule has 7 nitrogen and oxygen atoms in total. The Balaban J connectivity index is 2.44. The van der Waals surface area contributed by atoms with Crippen LogP contribution in [0.1, 0.15) is 11.4 Å². The third-order valence-corrected chi connectivity index (χ3v) is 4.74. The van der Waals surface area contributed by atoms with E-state index in [-0.39, 0.29) is 27.8 Å². The molecule has 4 N–H and O–H groups in total. The van der Waals surface area contributed by atoms with Gasteiger partial charge in [0, 0.05) is 12.6 Å². The number of nitrogens with one attached hydrogen (secondary N) is 2. The smallest absolute Gasteiger partial charge is 0.265 e. The lowest BCUT2D eigenvalue weighted by molar-refractivity contribution is 0.415. The van der Waals surface area contributed by atoms with Gasteiger partial charge in [0.25, 0.3) is 10.0 Å². The molecule has 1 aromatic heterocycles. The number of benzene rings is 1. The van der Waals surface area contributed by atoms with Gasteiger partial charge in [-0.15, -0.1) is 0 Å². The Kier molecular flexibility index (Phi) is 4.40. The van der Waals surface area contributed by atoms with Crippen LogP contribution in [0.5, 0.6) is 5.75 Å². The van der Waals surface area contributed by atoms with Crippen molar-refractivity contribution in [3.63, 3.8) is 0 Å². The molecule has 0 fully saturated rings. The third kappa shape index (κ3) is 3.12. The highest BCUT2D eigenvalue weighted by atomic mass is 35.5. The van der Waals surface area contributed by atoms with Crippen LogP contribution in [0.15, 0.2) is 23.1 Å². The summed E-state index contributed by atoms with van der Waals surface area (Å²) in [6, 6.07) is 4.68. The largest absolute Gasteiger partial charge is 0.497 e. The van der Waals surface area contributed by atoms with E-state index >= 15 is 0 Å². The van der Waals surface area contributed by atoms with Crippen molar-refractivity contribution in [3.05, 3.63) is 34.6 Å². The molecule has 0 amide bonds. The number of rotatable bonds is 5. The first-order valence-electron chi connectivity index (χ1n) is 5.99. The van der Waals surface area contributed by atoms with Crippen LogP contribution >= 0.6 is 11.6 Å². The van der Waals surface area contributed by atoms with Crippen LogP contribution in [-0.4, -0.2) is 25.7 Å². The Hall–Kier alpha value is -1.77. The van der Waals surface area contributed by atoms with Crippen molar-refractivity contribution in [2.45, 2.75) is 18.4 Å². The second-order valence-electron chi connectivity index (χ2n) is 4.28. The number of sulfonamides is 1. The summed E-state index contributed by atoms with van der Waals surface area (Å²) in [7, 11) is -2.37. The fourth-order valence-corrected chi connectivity index (χ4v) is 3.54. The first kappa shape index (κ1) is 15.6. The SMILES string of the molecule is COc1ccc(Cl)c(NS(=O)(=O)c2c(CN)n[nH]c2C)c1. The number of halogens is 1. The van der Waals surface area contributed by atoms with Gasteiger partial charge in [-0.3, -0.25) is 9.82 Å². The standard InChI is InChI=1S/C12H15ClN4O3S/c1-7-12(11(6-14)16-15-7)21(18,19)17-10-5-8(20-2)3-4-9(10)13/h3-5,17H,6,14H2,1-2H3,(H,15,16). The summed E-state index contributed by atoms with van der Waals surface area (Å²) in [5, 5.41) is 6.74. The number of anilines is 1. The Bertz CT molecular complexity index is 758. The van der Waals surface area contributed by atoms with Crippen LogP contribution in [0.25, 0.3) is 0 Å². The number of nitrogens with two attached hydrogens (primary N) is 1. The Morgan fingerprint density at radius 3 is 2.81 bits per heavy atom. The molecule has 0 aliphatic heterocycles. The van der Waals surface area contributed by atoms with E-state index in [9.17, 15) is 8.42 Å². The van der Waals surface area contributed by atoms with Crippen LogP contribution in [0.2, 0.25) is 5.02 Å². The van der Waals surface area contributed by atoms with Gasteiger partial charge in [0.15, 0.2) is 0 Å². The number of aromatic amines is 1. The highest BCUT2D eigenvalue weighted by Gasteiger charge is 2.24. The molecule has 114 valence electrons. The van der Waals surface area contributed by atoms with Gasteiger partial charge in [-0.25, -0.2) is 8.42 Å². The fourth-order valence-electron chi connectivity index (χ4n) is 1.87. The molecule has 9 heteroatoms. The Morgan fingerprint density at radius 1 is 1.48 bits per heavy atom. The summed E-state index contributed by atoms with van der Waals surface area (Å²) in [6.07, 6.45) is 0. The minimum atomic E-state index is -3.85. The van der Waals surface area contributed by atoms with Crippen molar-refractivity contribution in [2.24, 2.45) is 5.73 Å². The zero-order valence-corrected chi connectivity index (χ0v) is 13.0. The summed E-state index contributed by atoms with van der Waals surface area (Å²) < 4.78 is 32.5. The number of methoxy groups -OCH3 is 1. The topological polar surface area (TPSA) is 110 Å². The van der Waals surface area contributed by atoms with Crippen molar-refractivity contribution in [2.75, 3.05) is 11.8 Å². The molecular formula is C12H15ClN4O3S. The number of hydrogen-bond acceptors (Lipinski definition) is 5. The average molecular weight is 331 g/mol. The van der Waals surface area contributed by atoms with Crippen LogP contribution in [0.4, 0.5) is 5.69 Å². The molecule has 21 heavy (non-hydrogen) atoms. The Morgan fingerprint density at radius 2 is 2.19 bits per heavy atom. The molecule has 2 rings (SSSR count). The molecule has 0 aliphatic rings. The maximum absolute atomic E-state index is 12.5. The van der Waals surface area contributed by atoms with Gasteiger partial charge in [0.05, 0.1) is 29.2 Å². The highest BCUT2D eigenvalue weighted by molar-refractivity contribution is 7.92. The predicted molar refractivity (Wildman–Crippen MR) is 80.0 cm³/mol. The van der Waals surface area contributed by atoms with Crippen LogP contribution in [0, 0.1) is 6.92 Å². The van der Waals surface area contributed by atoms with E-state index in [2.05, 4.69) is 14.9 Å². The van der Waals surface area contributed by atoms with Gasteiger partial charge in [0.2, 0.25) is 0 Å². The normalized spacial score (nSPS) is 11.4. The van der Waals surface area contributed by atoms with E-state index in [1.54, 1.807) is 19.1 Å². The number of aryl methyl sites for hydroxylation is 1. The molecule has 2 aromatic rings. The Labute approximate surface area is 127 Å². The quantitative estimate of drug-likeness (QED) is 0.772. The molecule has 0 aliphatic carbocycles. The minimum Gasteiger partial charge on any atom is -0.497 e. The number of H-pyrrole nitrogens is 1. The highest BCUT2D eigenvalue weighted by Crippen LogP contribution is 2.29. The monoisotopic (exact) mass is 330 g/mol. The zero-order valence-electron chi connectivity index (χ0n) is 11.5. The number of ether oxygens (including phenoxy) is 1. The van der Waals surface area contributed by atoms with E-state index in [0.29, 0.717) is 11.4 Å². The first-order valence-corrected chi connectivity index (χ1v) is 7.85. The summed E-state index contributed by atoms with van der Waals surface area (Å²) in [5.74, 6) is 0.486. The number of nitrogens with zero attached hydrogens (tertiary/aromatic N) is 1. The molecule has 0 unspecified atom stereocenters. The molecule has 0 bridgehead atoms. The van der Waals surface area contributed by atoms with Gasteiger partial charge < -0.3 is 10.5 Å². The van der Waals surface area contributed by atoms with E-state index in [1.807, 2.05) is 0 Å². The maximum atomic E-state index is 12.5. The summed E-state index contributed by atoms with van der Waals surface area (Å²) in [4.78, 5) is 0.0314. The van der Waals surface area contributed by atoms with Gasteiger partial charge in [-0.1, -0.05) is 11.6 Å². The maximum Gasteiger partial charge on any atom is 0.265 e. The predicted octanol–water partition coefficient (Wildman–Crippen LogP) is 1.64. The van der Waals surface area contributed by atoms with Crippen LogP contribution in [-0.2, 0) is 16.6 Å². The van der Waals surface area contributed by atoms with Crippen molar-refractivity contribution >= 4 is 27.3 Å². The molecule has 0 saturated heterocycles. The molecule has 1 aromatic carbocycles. The van der Waals surface area contributed by atoms with Crippen LogP contribution < -0.4 is 15.2 Å². The summed E-state index contributed by atoms with van der Waals surface area (Å²) >= 11 is 6.00. The lowest BCUT2D eigenvalue weighted by Gasteiger charge is -2.11. The molecule has 0 saturated carbocycles. The van der Waals surface area contributed by atoms with E-state index in [4.69, 9.17) is 22.1 Å². The van der Waals surface area contributed by atoms with Gasteiger partial charge in [-0.2, -0.15) is 5.10 Å². The average Bonchev–Trinajstić information content (AvgIpc) is 2.83.